The Morgan fingerprint density at radius 2 is 2.10 bits per heavy atom. The molecule has 1 atom stereocenters. The number of hydrogen-bond acceptors (Lipinski definition) is 4. The Kier molecular flexibility index (Phi) is 5.76. The van der Waals surface area contributed by atoms with Crippen molar-refractivity contribution in [3.63, 3.8) is 0 Å². The van der Waals surface area contributed by atoms with Crippen molar-refractivity contribution in [1.82, 2.24) is 14.7 Å². The molecule has 1 amide bonds. The minimum atomic E-state index is 0.0232. The summed E-state index contributed by atoms with van der Waals surface area (Å²) in [5.41, 5.74) is 2.20. The molecule has 118 valence electrons. The van der Waals surface area contributed by atoms with Gasteiger partial charge in [-0.1, -0.05) is 0 Å². The Morgan fingerprint density at radius 3 is 2.76 bits per heavy atom. The quantitative estimate of drug-likeness (QED) is 0.763. The van der Waals surface area contributed by atoms with Crippen LogP contribution in [0.5, 0.6) is 0 Å². The lowest BCUT2D eigenvalue weighted by atomic mass is 9.95. The highest BCUT2D eigenvalue weighted by Crippen LogP contribution is 2.28. The van der Waals surface area contributed by atoms with Gasteiger partial charge in [-0.3, -0.25) is 9.48 Å². The van der Waals surface area contributed by atoms with Gasteiger partial charge in [0, 0.05) is 44.0 Å². The minimum Gasteiger partial charge on any atom is -0.381 e. The Bertz CT molecular complexity index is 473. The number of fused-ring (bicyclic) bond motifs is 1. The van der Waals surface area contributed by atoms with Crippen LogP contribution in [0, 0.1) is 0 Å². The number of carbonyl (C=O) groups is 1. The van der Waals surface area contributed by atoms with E-state index >= 15 is 0 Å². The second-order valence-electron chi connectivity index (χ2n) is 5.15. The van der Waals surface area contributed by atoms with Gasteiger partial charge in [0.25, 0.3) is 0 Å². The van der Waals surface area contributed by atoms with Gasteiger partial charge in [-0.15, -0.1) is 0 Å². The van der Waals surface area contributed by atoms with Crippen LogP contribution in [0.2, 0.25) is 0 Å². The SMILES string of the molecule is CCOCC(=O)N1Cc2nn(CC)cc2[C@@H](COCC)C1. The molecule has 6 nitrogen and oxygen atoms in total. The molecule has 0 N–H and O–H groups in total. The molecule has 1 aromatic rings. The highest BCUT2D eigenvalue weighted by atomic mass is 16.5. The standard InChI is InChI=1S/C15H25N3O3/c1-4-18-8-13-12(10-20-5-2)7-17(9-14(13)16-18)15(19)11-21-6-3/h8,12H,4-7,9-11H2,1-3H3/t12-/m1/s1. The molecule has 1 aliphatic rings. The monoisotopic (exact) mass is 295 g/mol. The number of amides is 1. The first kappa shape index (κ1) is 16.0. The zero-order valence-electron chi connectivity index (χ0n) is 13.2. The molecule has 0 saturated carbocycles. The van der Waals surface area contributed by atoms with Crippen LogP contribution in [-0.4, -0.2) is 53.6 Å². The van der Waals surface area contributed by atoms with E-state index in [2.05, 4.69) is 18.2 Å². The number of rotatable bonds is 7. The molecular weight excluding hydrogens is 270 g/mol. The van der Waals surface area contributed by atoms with E-state index in [9.17, 15) is 4.79 Å². The van der Waals surface area contributed by atoms with Crippen LogP contribution in [0.4, 0.5) is 0 Å². The van der Waals surface area contributed by atoms with Gasteiger partial charge >= 0.3 is 0 Å². The number of aromatic nitrogens is 2. The Morgan fingerprint density at radius 1 is 1.33 bits per heavy atom. The van der Waals surface area contributed by atoms with Crippen LogP contribution in [0.15, 0.2) is 6.20 Å². The van der Waals surface area contributed by atoms with Crippen LogP contribution < -0.4 is 0 Å². The third kappa shape index (κ3) is 3.83. The van der Waals surface area contributed by atoms with E-state index in [0.717, 1.165) is 12.2 Å². The summed E-state index contributed by atoms with van der Waals surface area (Å²) >= 11 is 0. The number of nitrogens with zero attached hydrogens (tertiary/aromatic N) is 3. The van der Waals surface area contributed by atoms with Gasteiger partial charge in [0.05, 0.1) is 18.8 Å². The van der Waals surface area contributed by atoms with Gasteiger partial charge in [0.15, 0.2) is 0 Å². The summed E-state index contributed by atoms with van der Waals surface area (Å²) in [5, 5.41) is 4.57. The summed E-state index contributed by atoms with van der Waals surface area (Å²) in [4.78, 5) is 14.0. The van der Waals surface area contributed by atoms with Crippen molar-refractivity contribution in [2.75, 3.05) is 33.0 Å². The summed E-state index contributed by atoms with van der Waals surface area (Å²) in [5.74, 6) is 0.217. The molecule has 0 saturated heterocycles. The van der Waals surface area contributed by atoms with Gasteiger partial charge < -0.3 is 14.4 Å². The van der Waals surface area contributed by atoms with E-state index in [4.69, 9.17) is 9.47 Å². The summed E-state index contributed by atoms with van der Waals surface area (Å²) in [7, 11) is 0. The fraction of sp³-hybridized carbons (Fsp3) is 0.733. The Balaban J connectivity index is 2.13. The lowest BCUT2D eigenvalue weighted by Gasteiger charge is -2.31. The van der Waals surface area contributed by atoms with Crippen molar-refractivity contribution in [1.29, 1.82) is 0 Å². The molecule has 1 aliphatic heterocycles. The molecule has 1 aromatic heterocycles. The summed E-state index contributed by atoms with van der Waals surface area (Å²) in [6.07, 6.45) is 2.09. The zero-order valence-corrected chi connectivity index (χ0v) is 13.2. The maximum Gasteiger partial charge on any atom is 0.248 e. The molecule has 21 heavy (non-hydrogen) atoms. The molecule has 0 radical (unpaired) electrons. The highest BCUT2D eigenvalue weighted by molar-refractivity contribution is 5.77. The summed E-state index contributed by atoms with van der Waals surface area (Å²) < 4.78 is 12.7. The average molecular weight is 295 g/mol. The van der Waals surface area contributed by atoms with Crippen molar-refractivity contribution < 1.29 is 14.3 Å². The van der Waals surface area contributed by atoms with Crippen molar-refractivity contribution >= 4 is 5.91 Å². The molecule has 0 aromatic carbocycles. The van der Waals surface area contributed by atoms with Crippen LogP contribution in [-0.2, 0) is 27.4 Å². The molecule has 2 rings (SSSR count). The molecule has 0 unspecified atom stereocenters. The second kappa shape index (κ2) is 7.56. The fourth-order valence-corrected chi connectivity index (χ4v) is 2.59. The molecular formula is C15H25N3O3. The smallest absolute Gasteiger partial charge is 0.248 e. The molecule has 0 fully saturated rings. The summed E-state index contributed by atoms with van der Waals surface area (Å²) in [6.45, 7) is 10.0. The van der Waals surface area contributed by atoms with Gasteiger partial charge in [0.2, 0.25) is 5.91 Å². The fourth-order valence-electron chi connectivity index (χ4n) is 2.59. The number of aryl methyl sites for hydroxylation is 1. The van der Waals surface area contributed by atoms with E-state index in [1.165, 1.54) is 5.56 Å². The molecule has 0 bridgehead atoms. The molecule has 0 spiro atoms. The third-order valence-corrected chi connectivity index (χ3v) is 3.72. The molecule has 2 heterocycles. The van der Waals surface area contributed by atoms with Crippen molar-refractivity contribution in [3.8, 4) is 0 Å². The van der Waals surface area contributed by atoms with E-state index < -0.39 is 0 Å². The second-order valence-corrected chi connectivity index (χ2v) is 5.15. The lowest BCUT2D eigenvalue weighted by molar-refractivity contribution is -0.137. The van der Waals surface area contributed by atoms with E-state index in [1.54, 1.807) is 0 Å². The van der Waals surface area contributed by atoms with Crippen molar-refractivity contribution in [3.05, 3.63) is 17.5 Å². The highest BCUT2D eigenvalue weighted by Gasteiger charge is 2.30. The average Bonchev–Trinajstić information content (AvgIpc) is 2.93. The predicted octanol–water partition coefficient (Wildman–Crippen LogP) is 1.40. The van der Waals surface area contributed by atoms with Crippen LogP contribution >= 0.6 is 0 Å². The van der Waals surface area contributed by atoms with Gasteiger partial charge in [-0.25, -0.2) is 0 Å². The first-order valence-corrected chi connectivity index (χ1v) is 7.69. The maximum absolute atomic E-state index is 12.2. The van der Waals surface area contributed by atoms with E-state index in [0.29, 0.717) is 32.9 Å². The van der Waals surface area contributed by atoms with Gasteiger partial charge in [0.1, 0.15) is 6.61 Å². The zero-order chi connectivity index (χ0) is 15.2. The number of carbonyl (C=O) groups excluding carboxylic acids is 1. The number of ether oxygens (including phenoxy) is 2. The summed E-state index contributed by atoms with van der Waals surface area (Å²) in [6, 6.07) is 0. The first-order chi connectivity index (χ1) is 10.2. The largest absolute Gasteiger partial charge is 0.381 e. The Labute approximate surface area is 126 Å². The minimum absolute atomic E-state index is 0.0232. The normalized spacial score (nSPS) is 17.9. The lowest BCUT2D eigenvalue weighted by Crippen LogP contribution is -2.41. The van der Waals surface area contributed by atoms with E-state index in [1.807, 2.05) is 23.4 Å². The number of hydrogen-bond donors (Lipinski definition) is 0. The van der Waals surface area contributed by atoms with Crippen molar-refractivity contribution in [2.24, 2.45) is 0 Å². The predicted molar refractivity (Wildman–Crippen MR) is 79.0 cm³/mol. The van der Waals surface area contributed by atoms with E-state index in [-0.39, 0.29) is 18.4 Å². The topological polar surface area (TPSA) is 56.6 Å². The molecule has 0 aliphatic carbocycles. The van der Waals surface area contributed by atoms with Gasteiger partial charge in [-0.05, 0) is 20.8 Å². The molecule has 6 heteroatoms. The Hall–Kier alpha value is -1.40. The van der Waals surface area contributed by atoms with Crippen LogP contribution in [0.3, 0.4) is 0 Å². The van der Waals surface area contributed by atoms with Crippen LogP contribution in [0.1, 0.15) is 37.9 Å². The van der Waals surface area contributed by atoms with Crippen LogP contribution in [0.25, 0.3) is 0 Å². The van der Waals surface area contributed by atoms with Gasteiger partial charge in [-0.2, -0.15) is 5.10 Å². The third-order valence-electron chi connectivity index (χ3n) is 3.72. The maximum atomic E-state index is 12.2. The first-order valence-electron chi connectivity index (χ1n) is 7.69. The van der Waals surface area contributed by atoms with Crippen molar-refractivity contribution in [2.45, 2.75) is 39.8 Å².